The van der Waals surface area contributed by atoms with Gasteiger partial charge in [-0.3, -0.25) is 0 Å². The summed E-state index contributed by atoms with van der Waals surface area (Å²) in [6, 6.07) is 4.95. The molecule has 0 aliphatic carbocycles. The molecule has 0 bridgehead atoms. The zero-order chi connectivity index (χ0) is 10.7. The lowest BCUT2D eigenvalue weighted by Crippen LogP contribution is -2.01. The molecule has 2 N–H and O–H groups in total. The Morgan fingerprint density at radius 2 is 2.33 bits per heavy atom. The highest BCUT2D eigenvalue weighted by molar-refractivity contribution is 5.45. The lowest BCUT2D eigenvalue weighted by molar-refractivity contribution is 0.618. The third kappa shape index (κ3) is 2.34. The van der Waals surface area contributed by atoms with Crippen LogP contribution in [-0.4, -0.2) is 9.97 Å². The molecular formula is C11H12FN3. The van der Waals surface area contributed by atoms with Gasteiger partial charge >= 0.3 is 0 Å². The first-order valence-electron chi connectivity index (χ1n) is 4.74. The van der Waals surface area contributed by atoms with Crippen LogP contribution < -0.4 is 5.32 Å². The van der Waals surface area contributed by atoms with E-state index in [1.54, 1.807) is 31.5 Å². The molecule has 1 aromatic carbocycles. The molecule has 15 heavy (non-hydrogen) atoms. The summed E-state index contributed by atoms with van der Waals surface area (Å²) in [7, 11) is 0. The van der Waals surface area contributed by atoms with Crippen LogP contribution in [0.5, 0.6) is 0 Å². The van der Waals surface area contributed by atoms with Gasteiger partial charge in [0.05, 0.1) is 6.54 Å². The topological polar surface area (TPSA) is 40.7 Å². The molecule has 3 nitrogen and oxygen atoms in total. The fourth-order valence-corrected chi connectivity index (χ4v) is 1.34. The number of nitrogens with zero attached hydrogens (tertiary/aromatic N) is 1. The standard InChI is InChI=1S/C11H12FN3/c1-8-6-9(2-3-10(8)12)15-7-11-13-4-5-14-11/h2-6,15H,7H2,1H3,(H,13,14). The van der Waals surface area contributed by atoms with Crippen LogP contribution in [0.1, 0.15) is 11.4 Å². The summed E-state index contributed by atoms with van der Waals surface area (Å²) in [6.45, 7) is 2.35. The monoisotopic (exact) mass is 205 g/mol. The number of imidazole rings is 1. The van der Waals surface area contributed by atoms with Gasteiger partial charge in [-0.2, -0.15) is 0 Å². The minimum Gasteiger partial charge on any atom is -0.378 e. The maximum atomic E-state index is 13.0. The molecule has 0 aliphatic rings. The average Bonchev–Trinajstić information content (AvgIpc) is 2.73. The molecule has 0 spiro atoms. The SMILES string of the molecule is Cc1cc(NCc2ncc[nH]2)ccc1F. The van der Waals surface area contributed by atoms with Crippen molar-refractivity contribution in [3.05, 3.63) is 47.8 Å². The van der Waals surface area contributed by atoms with Crippen LogP contribution >= 0.6 is 0 Å². The van der Waals surface area contributed by atoms with E-state index in [1.165, 1.54) is 6.07 Å². The minimum absolute atomic E-state index is 0.182. The van der Waals surface area contributed by atoms with Gasteiger partial charge in [0.2, 0.25) is 0 Å². The zero-order valence-electron chi connectivity index (χ0n) is 8.42. The Kier molecular flexibility index (Phi) is 2.67. The fraction of sp³-hybridized carbons (Fsp3) is 0.182. The van der Waals surface area contributed by atoms with Crippen LogP contribution in [-0.2, 0) is 6.54 Å². The second-order valence-corrected chi connectivity index (χ2v) is 3.35. The molecule has 1 aromatic heterocycles. The molecule has 1 heterocycles. The number of hydrogen-bond acceptors (Lipinski definition) is 2. The first-order valence-corrected chi connectivity index (χ1v) is 4.74. The maximum Gasteiger partial charge on any atom is 0.126 e. The highest BCUT2D eigenvalue weighted by Gasteiger charge is 1.99. The Morgan fingerprint density at radius 3 is 3.00 bits per heavy atom. The number of halogens is 1. The number of hydrogen-bond donors (Lipinski definition) is 2. The smallest absolute Gasteiger partial charge is 0.126 e. The van der Waals surface area contributed by atoms with E-state index in [-0.39, 0.29) is 5.82 Å². The predicted octanol–water partition coefficient (Wildman–Crippen LogP) is 2.47. The summed E-state index contributed by atoms with van der Waals surface area (Å²) in [5, 5.41) is 3.15. The number of aromatic amines is 1. The van der Waals surface area contributed by atoms with Gasteiger partial charge in [-0.05, 0) is 30.7 Å². The summed E-state index contributed by atoms with van der Waals surface area (Å²) >= 11 is 0. The van der Waals surface area contributed by atoms with E-state index in [0.717, 1.165) is 11.5 Å². The maximum absolute atomic E-state index is 13.0. The van der Waals surface area contributed by atoms with Crippen molar-refractivity contribution in [1.29, 1.82) is 0 Å². The van der Waals surface area contributed by atoms with Crippen LogP contribution in [0.15, 0.2) is 30.6 Å². The van der Waals surface area contributed by atoms with E-state index in [4.69, 9.17) is 0 Å². The second-order valence-electron chi connectivity index (χ2n) is 3.35. The minimum atomic E-state index is -0.182. The average molecular weight is 205 g/mol. The van der Waals surface area contributed by atoms with Gasteiger partial charge in [-0.15, -0.1) is 0 Å². The van der Waals surface area contributed by atoms with Crippen molar-refractivity contribution in [2.24, 2.45) is 0 Å². The fourth-order valence-electron chi connectivity index (χ4n) is 1.34. The van der Waals surface area contributed by atoms with Crippen molar-refractivity contribution in [1.82, 2.24) is 9.97 Å². The third-order valence-corrected chi connectivity index (χ3v) is 2.17. The van der Waals surface area contributed by atoms with Gasteiger partial charge in [-0.1, -0.05) is 0 Å². The highest BCUT2D eigenvalue weighted by Crippen LogP contribution is 2.13. The molecule has 0 atom stereocenters. The molecule has 0 unspecified atom stereocenters. The van der Waals surface area contributed by atoms with E-state index >= 15 is 0 Å². The first kappa shape index (κ1) is 9.71. The summed E-state index contributed by atoms with van der Waals surface area (Å²) in [5.41, 5.74) is 1.53. The van der Waals surface area contributed by atoms with E-state index in [1.807, 2.05) is 0 Å². The quantitative estimate of drug-likeness (QED) is 0.808. The summed E-state index contributed by atoms with van der Waals surface area (Å²) in [4.78, 5) is 7.06. The van der Waals surface area contributed by atoms with Crippen LogP contribution in [0.2, 0.25) is 0 Å². The summed E-state index contributed by atoms with van der Waals surface area (Å²) < 4.78 is 13.0. The molecule has 0 aliphatic heterocycles. The summed E-state index contributed by atoms with van der Waals surface area (Å²) in [5.74, 6) is 0.676. The number of H-pyrrole nitrogens is 1. The van der Waals surface area contributed by atoms with Gasteiger partial charge in [0.15, 0.2) is 0 Å². The van der Waals surface area contributed by atoms with Gasteiger partial charge in [0.25, 0.3) is 0 Å². The molecule has 0 saturated heterocycles. The van der Waals surface area contributed by atoms with Crippen LogP contribution in [0.25, 0.3) is 0 Å². The van der Waals surface area contributed by atoms with Gasteiger partial charge in [-0.25, -0.2) is 9.37 Å². The predicted molar refractivity (Wildman–Crippen MR) is 57.1 cm³/mol. The normalized spacial score (nSPS) is 10.3. The van der Waals surface area contributed by atoms with Crippen molar-refractivity contribution in [2.75, 3.05) is 5.32 Å². The first-order chi connectivity index (χ1) is 7.25. The number of benzene rings is 1. The molecule has 2 rings (SSSR count). The van der Waals surface area contributed by atoms with Gasteiger partial charge < -0.3 is 10.3 Å². The van der Waals surface area contributed by atoms with Crippen LogP contribution in [0, 0.1) is 12.7 Å². The molecule has 4 heteroatoms. The van der Waals surface area contributed by atoms with Gasteiger partial charge in [0.1, 0.15) is 11.6 Å². The second kappa shape index (κ2) is 4.13. The molecular weight excluding hydrogens is 193 g/mol. The largest absolute Gasteiger partial charge is 0.378 e. The molecule has 0 radical (unpaired) electrons. The molecule has 78 valence electrons. The van der Waals surface area contributed by atoms with Crippen molar-refractivity contribution in [3.63, 3.8) is 0 Å². The molecule has 0 fully saturated rings. The molecule has 0 amide bonds. The van der Waals surface area contributed by atoms with Crippen molar-refractivity contribution < 1.29 is 4.39 Å². The van der Waals surface area contributed by atoms with E-state index in [0.29, 0.717) is 12.1 Å². The Hall–Kier alpha value is -1.84. The Balaban J connectivity index is 2.02. The Morgan fingerprint density at radius 1 is 1.47 bits per heavy atom. The molecule has 2 aromatic rings. The van der Waals surface area contributed by atoms with E-state index in [9.17, 15) is 4.39 Å². The highest BCUT2D eigenvalue weighted by atomic mass is 19.1. The zero-order valence-corrected chi connectivity index (χ0v) is 8.42. The lowest BCUT2D eigenvalue weighted by Gasteiger charge is -2.05. The number of anilines is 1. The summed E-state index contributed by atoms with van der Waals surface area (Å²) in [6.07, 6.45) is 3.47. The number of aromatic nitrogens is 2. The number of nitrogens with one attached hydrogen (secondary N) is 2. The lowest BCUT2D eigenvalue weighted by atomic mass is 10.2. The molecule has 0 saturated carbocycles. The van der Waals surface area contributed by atoms with E-state index in [2.05, 4.69) is 15.3 Å². The van der Waals surface area contributed by atoms with Gasteiger partial charge in [0, 0.05) is 18.1 Å². The van der Waals surface area contributed by atoms with Crippen molar-refractivity contribution in [3.8, 4) is 0 Å². The number of aryl methyl sites for hydroxylation is 1. The van der Waals surface area contributed by atoms with Crippen LogP contribution in [0.3, 0.4) is 0 Å². The number of rotatable bonds is 3. The van der Waals surface area contributed by atoms with Crippen molar-refractivity contribution in [2.45, 2.75) is 13.5 Å². The Bertz CT molecular complexity index is 437. The van der Waals surface area contributed by atoms with Crippen LogP contribution in [0.4, 0.5) is 10.1 Å². The van der Waals surface area contributed by atoms with E-state index < -0.39 is 0 Å². The Labute approximate surface area is 87.4 Å². The van der Waals surface area contributed by atoms with Crippen molar-refractivity contribution >= 4 is 5.69 Å². The third-order valence-electron chi connectivity index (χ3n) is 2.17.